The molecule has 2 fully saturated rings. The molecule has 0 N–H and O–H groups in total. The normalized spacial score (nSPS) is 28.1. The molecule has 7 heteroatoms. The third-order valence-electron chi connectivity index (χ3n) is 4.48. The van der Waals surface area contributed by atoms with Crippen LogP contribution in [0.1, 0.15) is 43.5 Å². The average molecular weight is 328 g/mol. The molecular weight excluding hydrogens is 308 g/mol. The first-order valence-electron chi connectivity index (χ1n) is 7.47. The van der Waals surface area contributed by atoms with Crippen LogP contribution in [0.5, 0.6) is 0 Å². The third kappa shape index (κ3) is 2.78. The number of carbonyl (C=O) groups excluding carboxylic acids is 1. The number of aromatic nitrogens is 1. The van der Waals surface area contributed by atoms with Gasteiger partial charge in [0.2, 0.25) is 0 Å². The van der Waals surface area contributed by atoms with E-state index in [2.05, 4.69) is 4.98 Å². The average Bonchev–Trinajstić information content (AvgIpc) is 3.08. The van der Waals surface area contributed by atoms with Crippen LogP contribution in [0, 0.1) is 12.8 Å². The highest BCUT2D eigenvalue weighted by atomic mass is 32.2. The number of nitrogens with zero attached hydrogens (tertiary/aromatic N) is 2. The maximum Gasteiger partial charge on any atom is 0.254 e. The predicted molar refractivity (Wildman–Crippen MR) is 80.7 cm³/mol. The smallest absolute Gasteiger partial charge is 0.254 e. The Hall–Kier alpha value is -0.790. The summed E-state index contributed by atoms with van der Waals surface area (Å²) in [6, 6.07) is -0.148. The van der Waals surface area contributed by atoms with Crippen LogP contribution in [0.4, 0.5) is 0 Å². The molecule has 1 aromatic rings. The summed E-state index contributed by atoms with van der Waals surface area (Å²) < 4.78 is 27.4. The van der Waals surface area contributed by atoms with Gasteiger partial charge in [-0.2, -0.15) is 4.31 Å². The summed E-state index contributed by atoms with van der Waals surface area (Å²) in [4.78, 5) is 16.2. The SMILES string of the molecule is Cc1ncc(S(=O)(=O)N2CCCC2C2CCCCC2=O)s1. The molecule has 116 valence electrons. The third-order valence-corrected chi connectivity index (χ3v) is 7.75. The molecule has 3 rings (SSSR count). The molecule has 0 radical (unpaired) electrons. The van der Waals surface area contributed by atoms with E-state index in [1.807, 2.05) is 0 Å². The second kappa shape index (κ2) is 5.78. The monoisotopic (exact) mass is 328 g/mol. The summed E-state index contributed by atoms with van der Waals surface area (Å²) in [5.74, 6) is 0.138. The second-order valence-electron chi connectivity index (χ2n) is 5.84. The molecule has 2 aliphatic rings. The quantitative estimate of drug-likeness (QED) is 0.854. The van der Waals surface area contributed by atoms with Crippen LogP contribution in [0.3, 0.4) is 0 Å². The molecule has 1 aromatic heterocycles. The van der Waals surface area contributed by atoms with Gasteiger partial charge in [-0.05, 0) is 32.6 Å². The number of hydrogen-bond acceptors (Lipinski definition) is 5. The molecule has 0 amide bonds. The number of carbonyl (C=O) groups is 1. The molecular formula is C14H20N2O3S2. The largest absolute Gasteiger partial charge is 0.299 e. The summed E-state index contributed by atoms with van der Waals surface area (Å²) in [5, 5.41) is 0.748. The summed E-state index contributed by atoms with van der Waals surface area (Å²) in [6.07, 6.45) is 6.49. The van der Waals surface area contributed by atoms with E-state index in [1.54, 1.807) is 11.2 Å². The van der Waals surface area contributed by atoms with Gasteiger partial charge in [-0.3, -0.25) is 4.79 Å². The van der Waals surface area contributed by atoms with Gasteiger partial charge in [-0.25, -0.2) is 13.4 Å². The minimum atomic E-state index is -3.50. The summed E-state index contributed by atoms with van der Waals surface area (Å²) in [5.41, 5.74) is 0. The highest BCUT2D eigenvalue weighted by molar-refractivity contribution is 7.91. The van der Waals surface area contributed by atoms with Crippen LogP contribution in [0.15, 0.2) is 10.4 Å². The first-order valence-corrected chi connectivity index (χ1v) is 9.73. The van der Waals surface area contributed by atoms with Gasteiger partial charge in [0.1, 0.15) is 5.78 Å². The maximum absolute atomic E-state index is 12.8. The van der Waals surface area contributed by atoms with E-state index in [4.69, 9.17) is 0 Å². The number of hydrogen-bond donors (Lipinski definition) is 0. The van der Waals surface area contributed by atoms with Crippen LogP contribution >= 0.6 is 11.3 Å². The van der Waals surface area contributed by atoms with Crippen molar-refractivity contribution in [3.05, 3.63) is 11.2 Å². The van der Waals surface area contributed by atoms with Crippen LogP contribution in [-0.2, 0) is 14.8 Å². The Labute approximate surface area is 129 Å². The summed E-state index contributed by atoms with van der Waals surface area (Å²) in [6.45, 7) is 2.32. The van der Waals surface area contributed by atoms with E-state index in [-0.39, 0.29) is 17.7 Å². The Balaban J connectivity index is 1.88. The molecule has 1 saturated heterocycles. The molecule has 1 aliphatic heterocycles. The number of aryl methyl sites for hydroxylation is 1. The molecule has 0 spiro atoms. The van der Waals surface area contributed by atoms with Gasteiger partial charge in [-0.15, -0.1) is 11.3 Å². The predicted octanol–water partition coefficient (Wildman–Crippen LogP) is 2.36. The lowest BCUT2D eigenvalue weighted by Gasteiger charge is -2.31. The topological polar surface area (TPSA) is 67.3 Å². The van der Waals surface area contributed by atoms with Crippen molar-refractivity contribution in [3.63, 3.8) is 0 Å². The highest BCUT2D eigenvalue weighted by Crippen LogP contribution is 2.36. The second-order valence-corrected chi connectivity index (χ2v) is 9.19. The van der Waals surface area contributed by atoms with Crippen LogP contribution in [0.25, 0.3) is 0 Å². The molecule has 2 atom stereocenters. The molecule has 2 heterocycles. The van der Waals surface area contributed by atoms with Crippen molar-refractivity contribution in [3.8, 4) is 0 Å². The first-order chi connectivity index (χ1) is 10.00. The van der Waals surface area contributed by atoms with Crippen molar-refractivity contribution in [2.75, 3.05) is 6.54 Å². The van der Waals surface area contributed by atoms with Crippen LogP contribution in [0.2, 0.25) is 0 Å². The van der Waals surface area contributed by atoms with Crippen molar-refractivity contribution in [2.24, 2.45) is 5.92 Å². The lowest BCUT2D eigenvalue weighted by molar-refractivity contribution is -0.126. The van der Waals surface area contributed by atoms with E-state index in [1.165, 1.54) is 17.5 Å². The van der Waals surface area contributed by atoms with E-state index in [0.29, 0.717) is 17.2 Å². The van der Waals surface area contributed by atoms with Gasteiger partial charge in [0.25, 0.3) is 10.0 Å². The molecule has 0 aromatic carbocycles. The van der Waals surface area contributed by atoms with Gasteiger partial charge in [-0.1, -0.05) is 6.42 Å². The first kappa shape index (κ1) is 15.1. The number of ketones is 1. The highest BCUT2D eigenvalue weighted by Gasteiger charge is 2.43. The van der Waals surface area contributed by atoms with Crippen LogP contribution < -0.4 is 0 Å². The molecule has 0 bridgehead atoms. The maximum atomic E-state index is 12.8. The zero-order valence-electron chi connectivity index (χ0n) is 12.1. The Bertz CT molecular complexity index is 638. The van der Waals surface area contributed by atoms with Crippen molar-refractivity contribution in [2.45, 2.75) is 55.7 Å². The Morgan fingerprint density at radius 2 is 2.10 bits per heavy atom. The fourth-order valence-electron chi connectivity index (χ4n) is 3.46. The Morgan fingerprint density at radius 1 is 1.29 bits per heavy atom. The summed E-state index contributed by atoms with van der Waals surface area (Å²) >= 11 is 1.21. The number of Topliss-reactive ketones (excluding diaryl/α,β-unsaturated/α-hetero) is 1. The standard InChI is InChI=1S/C14H20N2O3S2/c1-10-15-9-14(20-10)21(18,19)16-8-4-6-12(16)11-5-2-3-7-13(11)17/h9,11-12H,2-8H2,1H3. The zero-order chi connectivity index (χ0) is 15.0. The van der Waals surface area contributed by atoms with E-state index < -0.39 is 10.0 Å². The zero-order valence-corrected chi connectivity index (χ0v) is 13.8. The summed E-state index contributed by atoms with van der Waals surface area (Å²) in [7, 11) is -3.50. The Morgan fingerprint density at radius 3 is 2.76 bits per heavy atom. The fourth-order valence-corrected chi connectivity index (χ4v) is 6.43. The van der Waals surface area contributed by atoms with E-state index in [0.717, 1.165) is 37.1 Å². The van der Waals surface area contributed by atoms with Gasteiger partial charge < -0.3 is 0 Å². The number of thiazole rings is 1. The van der Waals surface area contributed by atoms with Gasteiger partial charge in [0.05, 0.1) is 11.2 Å². The van der Waals surface area contributed by atoms with Crippen molar-refractivity contribution < 1.29 is 13.2 Å². The molecule has 2 unspecified atom stereocenters. The molecule has 1 saturated carbocycles. The van der Waals surface area contributed by atoms with Gasteiger partial charge in [0, 0.05) is 24.9 Å². The fraction of sp³-hybridized carbons (Fsp3) is 0.714. The minimum absolute atomic E-state index is 0.106. The molecule has 1 aliphatic carbocycles. The van der Waals surface area contributed by atoms with Gasteiger partial charge >= 0.3 is 0 Å². The lowest BCUT2D eigenvalue weighted by atomic mass is 9.82. The number of sulfonamides is 1. The number of rotatable bonds is 3. The van der Waals surface area contributed by atoms with Gasteiger partial charge in [0.15, 0.2) is 4.21 Å². The molecule has 5 nitrogen and oxygen atoms in total. The van der Waals surface area contributed by atoms with Crippen molar-refractivity contribution >= 4 is 27.1 Å². The van der Waals surface area contributed by atoms with E-state index >= 15 is 0 Å². The molecule has 21 heavy (non-hydrogen) atoms. The van der Waals surface area contributed by atoms with Crippen molar-refractivity contribution in [1.29, 1.82) is 0 Å². The lowest BCUT2D eigenvalue weighted by Crippen LogP contribution is -2.43. The van der Waals surface area contributed by atoms with E-state index in [9.17, 15) is 13.2 Å². The Kier molecular flexibility index (Phi) is 4.16. The minimum Gasteiger partial charge on any atom is -0.299 e. The van der Waals surface area contributed by atoms with Crippen molar-refractivity contribution in [1.82, 2.24) is 9.29 Å². The van der Waals surface area contributed by atoms with Crippen LogP contribution in [-0.4, -0.2) is 36.1 Å².